The Morgan fingerprint density at radius 3 is 2.68 bits per heavy atom. The molecule has 0 aliphatic carbocycles. The fraction of sp³-hybridized carbons (Fsp3) is 0.211. The Hall–Kier alpha value is -3.07. The van der Waals surface area contributed by atoms with Crippen LogP contribution in [0.1, 0.15) is 31.3 Å². The third kappa shape index (κ3) is 4.80. The molecule has 2 heterocycles. The summed E-state index contributed by atoms with van der Waals surface area (Å²) in [5.41, 5.74) is -0.586. The topological polar surface area (TPSA) is 76.0 Å². The summed E-state index contributed by atoms with van der Waals surface area (Å²) in [4.78, 5) is 25.8. The van der Waals surface area contributed by atoms with Crippen molar-refractivity contribution in [1.29, 1.82) is 0 Å². The van der Waals surface area contributed by atoms with E-state index < -0.39 is 23.4 Å². The van der Waals surface area contributed by atoms with Gasteiger partial charge in [-0.05, 0) is 37.6 Å². The van der Waals surface area contributed by atoms with E-state index in [9.17, 15) is 18.4 Å². The van der Waals surface area contributed by atoms with Gasteiger partial charge < -0.3 is 10.6 Å². The van der Waals surface area contributed by atoms with Gasteiger partial charge in [0.2, 0.25) is 0 Å². The van der Waals surface area contributed by atoms with Gasteiger partial charge in [0.15, 0.2) is 0 Å². The molecule has 0 saturated carbocycles. The quantitative estimate of drug-likeness (QED) is 0.591. The van der Waals surface area contributed by atoms with Crippen molar-refractivity contribution in [2.24, 2.45) is 0 Å². The first-order valence-electron chi connectivity index (χ1n) is 8.56. The largest absolute Gasteiger partial charge is 0.352 e. The highest BCUT2D eigenvalue weighted by Gasteiger charge is 2.18. The van der Waals surface area contributed by atoms with Crippen molar-refractivity contribution in [3.63, 3.8) is 0 Å². The van der Waals surface area contributed by atoms with Crippen LogP contribution in [-0.2, 0) is 6.54 Å². The van der Waals surface area contributed by atoms with Gasteiger partial charge in [-0.15, -0.1) is 11.3 Å². The molecule has 2 aromatic heterocycles. The van der Waals surface area contributed by atoms with Gasteiger partial charge in [-0.1, -0.05) is 0 Å². The number of hydrogen-bond donors (Lipinski definition) is 2. The summed E-state index contributed by atoms with van der Waals surface area (Å²) in [6.45, 7) is 2.74. The lowest BCUT2D eigenvalue weighted by Crippen LogP contribution is -2.26. The number of anilines is 1. The average molecular weight is 404 g/mol. The Balaban J connectivity index is 1.64. The molecule has 6 nitrogen and oxygen atoms in total. The van der Waals surface area contributed by atoms with E-state index in [-0.39, 0.29) is 11.3 Å². The van der Waals surface area contributed by atoms with E-state index in [2.05, 4.69) is 15.7 Å². The van der Waals surface area contributed by atoms with Gasteiger partial charge in [0, 0.05) is 36.4 Å². The monoisotopic (exact) mass is 404 g/mol. The second-order valence-corrected chi connectivity index (χ2v) is 7.34. The Morgan fingerprint density at radius 2 is 2.00 bits per heavy atom. The molecule has 0 aliphatic rings. The maximum Gasteiger partial charge on any atom is 0.265 e. The number of nitrogens with zero attached hydrogens (tertiary/aromatic N) is 2. The van der Waals surface area contributed by atoms with Crippen LogP contribution in [0.2, 0.25) is 0 Å². The number of aryl methyl sites for hydroxylation is 2. The number of nitrogens with one attached hydrogen (secondary N) is 2. The minimum atomic E-state index is -0.993. The molecule has 0 radical (unpaired) electrons. The lowest BCUT2D eigenvalue weighted by atomic mass is 10.1. The fourth-order valence-electron chi connectivity index (χ4n) is 2.53. The van der Waals surface area contributed by atoms with Crippen LogP contribution in [0.5, 0.6) is 0 Å². The van der Waals surface area contributed by atoms with Gasteiger partial charge in [0.05, 0.1) is 16.1 Å². The van der Waals surface area contributed by atoms with Crippen molar-refractivity contribution in [2.75, 3.05) is 11.9 Å². The highest BCUT2D eigenvalue weighted by molar-refractivity contribution is 7.14. The van der Waals surface area contributed by atoms with Crippen LogP contribution in [0.4, 0.5) is 14.5 Å². The predicted octanol–water partition coefficient (Wildman–Crippen LogP) is 3.60. The summed E-state index contributed by atoms with van der Waals surface area (Å²) in [5.74, 6) is -3.14. The number of halogens is 2. The molecule has 1 aromatic carbocycles. The van der Waals surface area contributed by atoms with Crippen LogP contribution >= 0.6 is 11.3 Å². The average Bonchev–Trinajstić information content (AvgIpc) is 3.32. The van der Waals surface area contributed by atoms with Gasteiger partial charge >= 0.3 is 0 Å². The van der Waals surface area contributed by atoms with Crippen molar-refractivity contribution in [1.82, 2.24) is 15.1 Å². The van der Waals surface area contributed by atoms with Gasteiger partial charge in [-0.2, -0.15) is 5.10 Å². The van der Waals surface area contributed by atoms with Crippen molar-refractivity contribution < 1.29 is 18.4 Å². The molecule has 0 spiro atoms. The van der Waals surface area contributed by atoms with Crippen LogP contribution in [0.15, 0.2) is 42.7 Å². The van der Waals surface area contributed by atoms with Crippen molar-refractivity contribution >= 4 is 28.8 Å². The Kier molecular flexibility index (Phi) is 6.15. The van der Waals surface area contributed by atoms with E-state index in [1.165, 1.54) is 11.3 Å². The number of thiophene rings is 1. The first-order valence-corrected chi connectivity index (χ1v) is 9.38. The van der Waals surface area contributed by atoms with Crippen LogP contribution in [0.3, 0.4) is 0 Å². The molecule has 0 aliphatic heterocycles. The van der Waals surface area contributed by atoms with Crippen LogP contribution in [0, 0.1) is 18.6 Å². The zero-order valence-electron chi connectivity index (χ0n) is 15.0. The van der Waals surface area contributed by atoms with E-state index >= 15 is 0 Å². The molecule has 146 valence electrons. The lowest BCUT2D eigenvalue weighted by molar-refractivity contribution is 0.0947. The molecule has 3 aromatic rings. The lowest BCUT2D eigenvalue weighted by Gasteiger charge is -2.10. The highest BCUT2D eigenvalue weighted by atomic mass is 32.1. The minimum Gasteiger partial charge on any atom is -0.352 e. The number of hydrogen-bond acceptors (Lipinski definition) is 4. The Bertz CT molecular complexity index is 986. The summed E-state index contributed by atoms with van der Waals surface area (Å²) in [5, 5.41) is 9.01. The zero-order valence-corrected chi connectivity index (χ0v) is 15.9. The molecule has 3 rings (SSSR count). The number of aromatic nitrogens is 2. The van der Waals surface area contributed by atoms with Gasteiger partial charge in [-0.3, -0.25) is 14.3 Å². The number of carbonyl (C=O) groups excluding carboxylic acids is 2. The van der Waals surface area contributed by atoms with Gasteiger partial charge in [-0.25, -0.2) is 8.78 Å². The zero-order chi connectivity index (χ0) is 20.1. The summed E-state index contributed by atoms with van der Waals surface area (Å²) >= 11 is 1.25. The van der Waals surface area contributed by atoms with Crippen LogP contribution in [-0.4, -0.2) is 28.1 Å². The van der Waals surface area contributed by atoms with Crippen molar-refractivity contribution in [2.45, 2.75) is 19.9 Å². The molecule has 28 heavy (non-hydrogen) atoms. The maximum atomic E-state index is 14.1. The second kappa shape index (κ2) is 8.75. The molecule has 0 bridgehead atoms. The summed E-state index contributed by atoms with van der Waals surface area (Å²) < 4.78 is 29.8. The van der Waals surface area contributed by atoms with Crippen molar-refractivity contribution in [3.8, 4) is 0 Å². The molecule has 2 amide bonds. The standard InChI is InChI=1S/C19H18F2N4O2S/c1-12-4-5-17(28-12)19(27)24-16-10-13(14(20)11-15(16)21)18(26)22-6-2-8-25-9-3-7-23-25/h3-5,7,9-11H,2,6,8H2,1H3,(H,22,26)(H,24,27). The van der Waals surface area contributed by atoms with Gasteiger partial charge in [0.25, 0.3) is 11.8 Å². The van der Waals surface area contributed by atoms with Crippen LogP contribution < -0.4 is 10.6 Å². The third-order valence-corrected chi connectivity index (χ3v) is 4.92. The highest BCUT2D eigenvalue weighted by Crippen LogP contribution is 2.22. The van der Waals surface area contributed by atoms with Gasteiger partial charge in [0.1, 0.15) is 11.6 Å². The maximum absolute atomic E-state index is 14.1. The molecular weight excluding hydrogens is 386 g/mol. The van der Waals surface area contributed by atoms with Crippen molar-refractivity contribution in [3.05, 3.63) is 69.7 Å². The molecule has 0 saturated heterocycles. The SMILES string of the molecule is Cc1ccc(C(=O)Nc2cc(C(=O)NCCCn3cccn3)c(F)cc2F)s1. The number of amides is 2. The van der Waals surface area contributed by atoms with Crippen LogP contribution in [0.25, 0.3) is 0 Å². The second-order valence-electron chi connectivity index (χ2n) is 6.05. The summed E-state index contributed by atoms with van der Waals surface area (Å²) in [6, 6.07) is 6.77. The minimum absolute atomic E-state index is 0.251. The van der Waals surface area contributed by atoms with E-state index in [4.69, 9.17) is 0 Å². The molecule has 0 atom stereocenters. The smallest absolute Gasteiger partial charge is 0.265 e. The third-order valence-electron chi connectivity index (χ3n) is 3.92. The molecular formula is C19H18F2N4O2S. The number of carbonyl (C=O) groups is 2. The Labute approximate surface area is 164 Å². The summed E-state index contributed by atoms with van der Waals surface area (Å²) in [6.07, 6.45) is 4.04. The first-order chi connectivity index (χ1) is 13.4. The van der Waals surface area contributed by atoms with E-state index in [0.29, 0.717) is 30.5 Å². The normalized spacial score (nSPS) is 10.7. The number of benzene rings is 1. The molecule has 9 heteroatoms. The van der Waals surface area contributed by atoms with E-state index in [0.717, 1.165) is 10.9 Å². The Morgan fingerprint density at radius 1 is 1.18 bits per heavy atom. The number of rotatable bonds is 7. The fourth-order valence-corrected chi connectivity index (χ4v) is 3.29. The predicted molar refractivity (Wildman–Crippen MR) is 103 cm³/mol. The van der Waals surface area contributed by atoms with E-state index in [1.807, 2.05) is 6.92 Å². The summed E-state index contributed by atoms with van der Waals surface area (Å²) in [7, 11) is 0. The molecule has 0 fully saturated rings. The molecule has 2 N–H and O–H groups in total. The first kappa shape index (κ1) is 19.7. The molecule has 0 unspecified atom stereocenters. The van der Waals surface area contributed by atoms with E-state index in [1.54, 1.807) is 35.3 Å².